The Morgan fingerprint density at radius 3 is 2.69 bits per heavy atom. The second kappa shape index (κ2) is 2.80. The molecule has 0 saturated carbocycles. The van der Waals surface area contributed by atoms with Crippen molar-refractivity contribution >= 4 is 5.91 Å². The van der Waals surface area contributed by atoms with E-state index in [-0.39, 0.29) is 5.41 Å². The Hall–Kier alpha value is -0.900. The van der Waals surface area contributed by atoms with Crippen molar-refractivity contribution in [1.82, 2.24) is 10.2 Å². The molecule has 3 nitrogen and oxygen atoms in total. The van der Waals surface area contributed by atoms with Crippen LogP contribution in [-0.2, 0) is 4.79 Å². The first-order valence-corrected chi connectivity index (χ1v) is 4.47. The standard InChI is InChI=1S/C9H13FN2O/c1-7(10)8(13)12-5-9(6-12)2-3-11-4-9/h11H,1-6H2. The van der Waals surface area contributed by atoms with Gasteiger partial charge in [-0.3, -0.25) is 4.79 Å². The van der Waals surface area contributed by atoms with E-state index in [1.54, 1.807) is 0 Å². The number of hydrogen-bond donors (Lipinski definition) is 1. The Bertz CT molecular complexity index is 250. The number of hydrogen-bond acceptors (Lipinski definition) is 2. The molecule has 1 N–H and O–H groups in total. The number of nitrogens with one attached hydrogen (secondary N) is 1. The Kier molecular flexibility index (Phi) is 1.87. The molecule has 2 rings (SSSR count). The Morgan fingerprint density at radius 1 is 1.54 bits per heavy atom. The third-order valence-electron chi connectivity index (χ3n) is 2.90. The van der Waals surface area contributed by atoms with Crippen molar-refractivity contribution < 1.29 is 9.18 Å². The number of likely N-dealkylation sites (tertiary alicyclic amines) is 1. The van der Waals surface area contributed by atoms with Crippen molar-refractivity contribution in [2.75, 3.05) is 26.2 Å². The normalized spacial score (nSPS) is 24.5. The average molecular weight is 184 g/mol. The van der Waals surface area contributed by atoms with Gasteiger partial charge in [-0.25, -0.2) is 4.39 Å². The molecule has 2 fully saturated rings. The van der Waals surface area contributed by atoms with Gasteiger partial charge in [-0.2, -0.15) is 0 Å². The van der Waals surface area contributed by atoms with E-state index in [1.807, 2.05) is 0 Å². The van der Waals surface area contributed by atoms with E-state index in [0.29, 0.717) is 13.1 Å². The molecule has 2 saturated heterocycles. The van der Waals surface area contributed by atoms with E-state index in [0.717, 1.165) is 19.5 Å². The summed E-state index contributed by atoms with van der Waals surface area (Å²) in [5.74, 6) is -1.39. The highest BCUT2D eigenvalue weighted by atomic mass is 19.1. The molecule has 0 atom stereocenters. The summed E-state index contributed by atoms with van der Waals surface area (Å²) in [5, 5.41) is 3.25. The molecule has 0 aromatic rings. The van der Waals surface area contributed by atoms with Crippen LogP contribution >= 0.6 is 0 Å². The quantitative estimate of drug-likeness (QED) is 0.594. The minimum atomic E-state index is -0.846. The van der Waals surface area contributed by atoms with Crippen LogP contribution in [0.4, 0.5) is 4.39 Å². The smallest absolute Gasteiger partial charge is 0.282 e. The predicted octanol–water partition coefficient (Wildman–Crippen LogP) is 0.291. The first kappa shape index (κ1) is 8.69. The van der Waals surface area contributed by atoms with Gasteiger partial charge in [-0.05, 0) is 13.0 Å². The predicted molar refractivity (Wildman–Crippen MR) is 46.7 cm³/mol. The van der Waals surface area contributed by atoms with E-state index in [1.165, 1.54) is 4.90 Å². The van der Waals surface area contributed by atoms with Crippen LogP contribution in [0.1, 0.15) is 6.42 Å². The summed E-state index contributed by atoms with van der Waals surface area (Å²) in [6, 6.07) is 0. The molecule has 0 radical (unpaired) electrons. The number of carbonyl (C=O) groups is 1. The zero-order valence-electron chi connectivity index (χ0n) is 7.48. The highest BCUT2D eigenvalue weighted by Gasteiger charge is 2.47. The minimum Gasteiger partial charge on any atom is -0.335 e. The number of halogens is 1. The maximum absolute atomic E-state index is 12.4. The number of amides is 1. The van der Waals surface area contributed by atoms with Gasteiger partial charge in [0.2, 0.25) is 0 Å². The molecule has 2 heterocycles. The molecule has 1 spiro atoms. The Labute approximate surface area is 76.6 Å². The third-order valence-corrected chi connectivity index (χ3v) is 2.90. The Morgan fingerprint density at radius 2 is 2.23 bits per heavy atom. The fraction of sp³-hybridized carbons (Fsp3) is 0.667. The fourth-order valence-electron chi connectivity index (χ4n) is 2.14. The third kappa shape index (κ3) is 1.35. The maximum atomic E-state index is 12.4. The largest absolute Gasteiger partial charge is 0.335 e. The fourth-order valence-corrected chi connectivity index (χ4v) is 2.14. The molecule has 72 valence electrons. The minimum absolute atomic E-state index is 0.241. The molecular weight excluding hydrogens is 171 g/mol. The van der Waals surface area contributed by atoms with E-state index in [2.05, 4.69) is 11.9 Å². The summed E-state index contributed by atoms with van der Waals surface area (Å²) < 4.78 is 12.4. The van der Waals surface area contributed by atoms with Gasteiger partial charge in [0.15, 0.2) is 5.83 Å². The lowest BCUT2D eigenvalue weighted by molar-refractivity contribution is -0.139. The summed E-state index contributed by atoms with van der Waals surface area (Å²) in [7, 11) is 0. The highest BCUT2D eigenvalue weighted by molar-refractivity contribution is 5.91. The summed E-state index contributed by atoms with van der Waals surface area (Å²) in [5.41, 5.74) is 0.241. The topological polar surface area (TPSA) is 32.3 Å². The van der Waals surface area contributed by atoms with Gasteiger partial charge < -0.3 is 10.2 Å². The lowest BCUT2D eigenvalue weighted by atomic mass is 9.79. The lowest BCUT2D eigenvalue weighted by Crippen LogP contribution is -2.59. The molecular formula is C9H13FN2O. The van der Waals surface area contributed by atoms with Gasteiger partial charge in [0.1, 0.15) is 0 Å². The molecule has 2 aliphatic rings. The van der Waals surface area contributed by atoms with E-state index < -0.39 is 11.7 Å². The summed E-state index contributed by atoms with van der Waals surface area (Å²) in [6.45, 7) is 6.33. The average Bonchev–Trinajstić information content (AvgIpc) is 2.47. The van der Waals surface area contributed by atoms with Gasteiger partial charge in [0, 0.05) is 25.0 Å². The summed E-state index contributed by atoms with van der Waals surface area (Å²) in [6.07, 6.45) is 1.09. The number of nitrogens with zero attached hydrogens (tertiary/aromatic N) is 1. The van der Waals surface area contributed by atoms with E-state index in [9.17, 15) is 9.18 Å². The molecule has 0 aromatic carbocycles. The van der Waals surface area contributed by atoms with Crippen molar-refractivity contribution in [3.8, 4) is 0 Å². The van der Waals surface area contributed by atoms with Crippen LogP contribution < -0.4 is 5.32 Å². The van der Waals surface area contributed by atoms with Crippen molar-refractivity contribution in [3.05, 3.63) is 12.4 Å². The van der Waals surface area contributed by atoms with Crippen LogP contribution in [0, 0.1) is 5.41 Å². The van der Waals surface area contributed by atoms with Crippen molar-refractivity contribution in [2.24, 2.45) is 5.41 Å². The van der Waals surface area contributed by atoms with Crippen LogP contribution in [0.15, 0.2) is 12.4 Å². The molecule has 1 amide bonds. The van der Waals surface area contributed by atoms with Gasteiger partial charge in [-0.1, -0.05) is 6.58 Å². The molecule has 0 aliphatic carbocycles. The SMILES string of the molecule is C=C(F)C(=O)N1CC2(CCNC2)C1. The van der Waals surface area contributed by atoms with Crippen LogP contribution in [0.25, 0.3) is 0 Å². The van der Waals surface area contributed by atoms with Gasteiger partial charge in [0.25, 0.3) is 5.91 Å². The van der Waals surface area contributed by atoms with Gasteiger partial charge in [-0.15, -0.1) is 0 Å². The van der Waals surface area contributed by atoms with E-state index >= 15 is 0 Å². The van der Waals surface area contributed by atoms with E-state index in [4.69, 9.17) is 0 Å². The summed E-state index contributed by atoms with van der Waals surface area (Å²) >= 11 is 0. The molecule has 0 bridgehead atoms. The first-order valence-electron chi connectivity index (χ1n) is 4.47. The summed E-state index contributed by atoms with van der Waals surface area (Å²) in [4.78, 5) is 12.6. The first-order chi connectivity index (χ1) is 6.13. The Balaban J connectivity index is 1.90. The highest BCUT2D eigenvalue weighted by Crippen LogP contribution is 2.36. The molecule has 2 aliphatic heterocycles. The zero-order valence-corrected chi connectivity index (χ0v) is 7.48. The van der Waals surface area contributed by atoms with Crippen LogP contribution in [-0.4, -0.2) is 37.0 Å². The van der Waals surface area contributed by atoms with Crippen LogP contribution in [0.5, 0.6) is 0 Å². The maximum Gasteiger partial charge on any atom is 0.282 e. The number of rotatable bonds is 1. The van der Waals surface area contributed by atoms with Crippen LogP contribution in [0.3, 0.4) is 0 Å². The van der Waals surface area contributed by atoms with Gasteiger partial charge >= 0.3 is 0 Å². The molecule has 13 heavy (non-hydrogen) atoms. The molecule has 4 heteroatoms. The van der Waals surface area contributed by atoms with Gasteiger partial charge in [0.05, 0.1) is 0 Å². The van der Waals surface area contributed by atoms with Crippen molar-refractivity contribution in [1.29, 1.82) is 0 Å². The lowest BCUT2D eigenvalue weighted by Gasteiger charge is -2.47. The van der Waals surface area contributed by atoms with Crippen molar-refractivity contribution in [2.45, 2.75) is 6.42 Å². The van der Waals surface area contributed by atoms with Crippen molar-refractivity contribution in [3.63, 3.8) is 0 Å². The molecule has 0 unspecified atom stereocenters. The monoisotopic (exact) mass is 184 g/mol. The zero-order chi connectivity index (χ0) is 9.47. The molecule has 0 aromatic heterocycles. The second-order valence-corrected chi connectivity index (χ2v) is 3.99. The second-order valence-electron chi connectivity index (χ2n) is 3.99. The number of carbonyl (C=O) groups excluding carboxylic acids is 1. The van der Waals surface area contributed by atoms with Crippen LogP contribution in [0.2, 0.25) is 0 Å².